The van der Waals surface area contributed by atoms with Crippen molar-refractivity contribution in [3.05, 3.63) is 66.1 Å². The zero-order valence-corrected chi connectivity index (χ0v) is 16.9. The quantitative estimate of drug-likeness (QED) is 0.563. The average Bonchev–Trinajstić information content (AvgIpc) is 3.07. The lowest BCUT2D eigenvalue weighted by atomic mass is 9.85. The van der Waals surface area contributed by atoms with Crippen LogP contribution in [-0.2, 0) is 17.8 Å². The maximum atomic E-state index is 13.2. The molecule has 0 saturated heterocycles. The predicted octanol–water partition coefficient (Wildman–Crippen LogP) is 2.74. The molecule has 1 atom stereocenters. The van der Waals surface area contributed by atoms with Gasteiger partial charge in [0.05, 0.1) is 22.9 Å². The number of pyridine rings is 1. The van der Waals surface area contributed by atoms with Crippen LogP contribution in [0.5, 0.6) is 0 Å². The van der Waals surface area contributed by atoms with E-state index in [-0.39, 0.29) is 12.2 Å². The van der Waals surface area contributed by atoms with Crippen LogP contribution in [0.25, 0.3) is 11.3 Å². The molecule has 0 spiro atoms. The number of hydrogen-bond acceptors (Lipinski definition) is 5. The standard InChI is InChI=1S/C23H25N5O2/c1-25-11-12-28-18-13-16(23(24)30)14-19(29)20(18)21(27-17-5-3-2-4-6-17)22(28)15-7-9-26-10-8-15/h2-10,16,25,27H,11-14H2,1H3,(H2,24,30). The van der Waals surface area contributed by atoms with Gasteiger partial charge >= 0.3 is 0 Å². The van der Waals surface area contributed by atoms with E-state index in [1.807, 2.05) is 49.5 Å². The van der Waals surface area contributed by atoms with E-state index in [4.69, 9.17) is 5.73 Å². The second-order valence-corrected chi connectivity index (χ2v) is 7.46. The molecule has 4 rings (SSSR count). The maximum Gasteiger partial charge on any atom is 0.221 e. The van der Waals surface area contributed by atoms with Gasteiger partial charge in [0.25, 0.3) is 0 Å². The molecule has 4 N–H and O–H groups in total. The van der Waals surface area contributed by atoms with Crippen molar-refractivity contribution in [2.24, 2.45) is 11.7 Å². The lowest BCUT2D eigenvalue weighted by Gasteiger charge is -2.21. The molecular formula is C23H25N5O2. The number of anilines is 2. The molecule has 3 aromatic rings. The van der Waals surface area contributed by atoms with Gasteiger partial charge in [-0.05, 0) is 31.3 Å². The molecule has 2 heterocycles. The highest BCUT2D eigenvalue weighted by Gasteiger charge is 2.36. The number of amides is 1. The fourth-order valence-electron chi connectivity index (χ4n) is 4.08. The average molecular weight is 403 g/mol. The summed E-state index contributed by atoms with van der Waals surface area (Å²) in [4.78, 5) is 29.2. The number of likely N-dealkylation sites (N-methyl/N-ethyl adjacent to an activating group) is 1. The fraction of sp³-hybridized carbons (Fsp3) is 0.261. The van der Waals surface area contributed by atoms with Crippen LogP contribution in [-0.4, -0.2) is 34.8 Å². The Morgan fingerprint density at radius 3 is 2.57 bits per heavy atom. The highest BCUT2D eigenvalue weighted by Crippen LogP contribution is 2.42. The van der Waals surface area contributed by atoms with Crippen LogP contribution in [0.1, 0.15) is 22.5 Å². The third-order valence-electron chi connectivity index (χ3n) is 5.51. The molecule has 0 aliphatic heterocycles. The number of primary amides is 1. The number of rotatable bonds is 7. The summed E-state index contributed by atoms with van der Waals surface area (Å²) in [5.41, 5.74) is 10.6. The van der Waals surface area contributed by atoms with Crippen LogP contribution >= 0.6 is 0 Å². The predicted molar refractivity (Wildman–Crippen MR) is 117 cm³/mol. The van der Waals surface area contributed by atoms with Gasteiger partial charge in [0.15, 0.2) is 5.78 Å². The smallest absolute Gasteiger partial charge is 0.221 e. The van der Waals surface area contributed by atoms with Gasteiger partial charge in [-0.1, -0.05) is 18.2 Å². The zero-order valence-electron chi connectivity index (χ0n) is 16.9. The molecule has 154 valence electrons. The molecule has 7 nitrogen and oxygen atoms in total. The van der Waals surface area contributed by atoms with E-state index in [9.17, 15) is 9.59 Å². The molecule has 0 radical (unpaired) electrons. The number of nitrogens with two attached hydrogens (primary N) is 1. The van der Waals surface area contributed by atoms with Crippen molar-refractivity contribution in [1.29, 1.82) is 0 Å². The minimum atomic E-state index is -0.483. The van der Waals surface area contributed by atoms with Crippen molar-refractivity contribution in [3.63, 3.8) is 0 Å². The Kier molecular flexibility index (Phi) is 5.63. The van der Waals surface area contributed by atoms with E-state index in [0.717, 1.165) is 34.9 Å². The first-order valence-electron chi connectivity index (χ1n) is 10.0. The number of carbonyl (C=O) groups excluding carboxylic acids is 2. The van der Waals surface area contributed by atoms with Crippen LogP contribution in [0.15, 0.2) is 54.9 Å². The number of benzene rings is 1. The van der Waals surface area contributed by atoms with Crippen molar-refractivity contribution in [3.8, 4) is 11.3 Å². The van der Waals surface area contributed by atoms with Gasteiger partial charge in [0.1, 0.15) is 0 Å². The van der Waals surface area contributed by atoms with Crippen LogP contribution in [0, 0.1) is 5.92 Å². The molecule has 0 bridgehead atoms. The Labute approximate surface area is 175 Å². The first kappa shape index (κ1) is 19.8. The molecule has 1 amide bonds. The number of ketones is 1. The van der Waals surface area contributed by atoms with Gasteiger partial charge in [0.2, 0.25) is 5.91 Å². The molecule has 7 heteroatoms. The summed E-state index contributed by atoms with van der Waals surface area (Å²) in [5.74, 6) is -0.974. The third kappa shape index (κ3) is 3.71. The Morgan fingerprint density at radius 1 is 1.17 bits per heavy atom. The van der Waals surface area contributed by atoms with E-state index in [2.05, 4.69) is 20.2 Å². The Hall–Kier alpha value is -3.45. The lowest BCUT2D eigenvalue weighted by molar-refractivity contribution is -0.121. The van der Waals surface area contributed by atoms with E-state index in [1.54, 1.807) is 12.4 Å². The number of fused-ring (bicyclic) bond motifs is 1. The van der Waals surface area contributed by atoms with Crippen LogP contribution < -0.4 is 16.4 Å². The van der Waals surface area contributed by atoms with Gasteiger partial charge in [-0.3, -0.25) is 14.6 Å². The van der Waals surface area contributed by atoms with Gasteiger partial charge in [-0.2, -0.15) is 0 Å². The van der Waals surface area contributed by atoms with Crippen molar-refractivity contribution in [2.75, 3.05) is 18.9 Å². The molecule has 30 heavy (non-hydrogen) atoms. The Balaban J connectivity index is 1.95. The summed E-state index contributed by atoms with van der Waals surface area (Å²) >= 11 is 0. The summed E-state index contributed by atoms with van der Waals surface area (Å²) in [6, 6.07) is 13.6. The topological polar surface area (TPSA) is 102 Å². The highest BCUT2D eigenvalue weighted by atomic mass is 16.1. The number of hydrogen-bond donors (Lipinski definition) is 3. The fourth-order valence-corrected chi connectivity index (χ4v) is 4.08. The molecule has 1 aliphatic rings. The zero-order chi connectivity index (χ0) is 21.1. The minimum Gasteiger partial charge on any atom is -0.369 e. The molecule has 2 aromatic heterocycles. The van der Waals surface area contributed by atoms with Crippen LogP contribution in [0.3, 0.4) is 0 Å². The largest absolute Gasteiger partial charge is 0.369 e. The van der Waals surface area contributed by atoms with Crippen molar-refractivity contribution in [1.82, 2.24) is 14.9 Å². The Bertz CT molecular complexity index is 1060. The second kappa shape index (κ2) is 8.51. The van der Waals surface area contributed by atoms with Crippen LogP contribution in [0.2, 0.25) is 0 Å². The van der Waals surface area contributed by atoms with E-state index in [1.165, 1.54) is 0 Å². The number of para-hydroxylation sites is 1. The molecule has 1 aliphatic carbocycles. The first-order valence-corrected chi connectivity index (χ1v) is 10.0. The summed E-state index contributed by atoms with van der Waals surface area (Å²) in [5, 5.41) is 6.65. The van der Waals surface area contributed by atoms with Crippen molar-refractivity contribution >= 4 is 23.1 Å². The minimum absolute atomic E-state index is 0.0583. The molecule has 1 unspecified atom stereocenters. The van der Waals surface area contributed by atoms with Gasteiger partial charge < -0.3 is 20.9 Å². The molecule has 0 saturated carbocycles. The van der Waals surface area contributed by atoms with Crippen molar-refractivity contribution < 1.29 is 9.59 Å². The van der Waals surface area contributed by atoms with Crippen LogP contribution in [0.4, 0.5) is 11.4 Å². The summed E-state index contributed by atoms with van der Waals surface area (Å²) < 4.78 is 2.14. The molecule has 1 aromatic carbocycles. The molecule has 0 fully saturated rings. The number of nitrogens with one attached hydrogen (secondary N) is 2. The van der Waals surface area contributed by atoms with Crippen molar-refractivity contribution in [2.45, 2.75) is 19.4 Å². The summed E-state index contributed by atoms with van der Waals surface area (Å²) in [7, 11) is 1.89. The third-order valence-corrected chi connectivity index (χ3v) is 5.51. The lowest BCUT2D eigenvalue weighted by Crippen LogP contribution is -2.32. The van der Waals surface area contributed by atoms with E-state index in [0.29, 0.717) is 18.5 Å². The number of Topliss-reactive ketones (excluding diaryl/α,β-unsaturated/α-hetero) is 1. The summed E-state index contributed by atoms with van der Waals surface area (Å²) in [6.45, 7) is 1.38. The SMILES string of the molecule is CNCCn1c2c(c(Nc3ccccc3)c1-c1ccncc1)C(=O)CC(C(N)=O)C2. The summed E-state index contributed by atoms with van der Waals surface area (Å²) in [6.07, 6.45) is 4.07. The number of aromatic nitrogens is 2. The van der Waals surface area contributed by atoms with Gasteiger partial charge in [-0.25, -0.2) is 0 Å². The maximum absolute atomic E-state index is 13.2. The van der Waals surface area contributed by atoms with E-state index < -0.39 is 11.8 Å². The second-order valence-electron chi connectivity index (χ2n) is 7.46. The first-order chi connectivity index (χ1) is 14.6. The highest BCUT2D eigenvalue weighted by molar-refractivity contribution is 6.09. The normalized spacial score (nSPS) is 15.6. The monoisotopic (exact) mass is 403 g/mol. The van der Waals surface area contributed by atoms with Gasteiger partial charge in [-0.15, -0.1) is 0 Å². The Morgan fingerprint density at radius 2 is 1.90 bits per heavy atom. The number of carbonyl (C=O) groups is 2. The van der Waals surface area contributed by atoms with Gasteiger partial charge in [0, 0.05) is 55.3 Å². The number of nitrogens with zero attached hydrogens (tertiary/aromatic N) is 2. The van der Waals surface area contributed by atoms with E-state index >= 15 is 0 Å². The molecular weight excluding hydrogens is 378 g/mol.